The Labute approximate surface area is 153 Å². The Bertz CT molecular complexity index is 910. The van der Waals surface area contributed by atoms with Crippen molar-refractivity contribution in [2.45, 2.75) is 31.4 Å². The minimum Gasteiger partial charge on any atom is -0.350 e. The van der Waals surface area contributed by atoms with E-state index in [2.05, 4.69) is 15.3 Å². The van der Waals surface area contributed by atoms with Crippen molar-refractivity contribution in [1.82, 2.24) is 15.3 Å². The number of aromatic nitrogens is 2. The molecule has 1 amide bonds. The molecule has 2 heterocycles. The molecular formula is C18H19N3O2S2. The molecule has 3 rings (SSSR count). The number of carbonyl (C=O) groups excluding carboxylic acids is 1. The zero-order valence-corrected chi connectivity index (χ0v) is 15.7. The van der Waals surface area contributed by atoms with E-state index in [1.165, 1.54) is 0 Å². The number of hydrogen-bond donors (Lipinski definition) is 1. The van der Waals surface area contributed by atoms with Crippen molar-refractivity contribution in [3.8, 4) is 0 Å². The van der Waals surface area contributed by atoms with Crippen LogP contribution in [0, 0.1) is 6.92 Å². The van der Waals surface area contributed by atoms with Crippen LogP contribution in [0.4, 0.5) is 0 Å². The summed E-state index contributed by atoms with van der Waals surface area (Å²) in [4.78, 5) is 22.4. The molecule has 2 atom stereocenters. The van der Waals surface area contributed by atoms with Crippen LogP contribution in [0.15, 0.2) is 41.8 Å². The summed E-state index contributed by atoms with van der Waals surface area (Å²) in [5.41, 5.74) is 3.01. The summed E-state index contributed by atoms with van der Waals surface area (Å²) >= 11 is 1.58. The maximum Gasteiger partial charge on any atom is 0.235 e. The third-order valence-corrected chi connectivity index (χ3v) is 6.34. The van der Waals surface area contributed by atoms with Crippen LogP contribution in [0.1, 0.15) is 23.2 Å². The standard InChI is InChI=1S/C18H19N3O2S2/c1-12-17(21-16-8-4-3-7-15(16)20-12)11-25(23)13(2)18(22)19-10-14-6-5-9-24-14/h3-9,13H,10-11H2,1-2H3,(H,19,22)/t13-,25+/m1/s1. The fraction of sp³-hybridized carbons (Fsp3) is 0.278. The molecule has 1 aromatic carbocycles. The molecule has 0 radical (unpaired) electrons. The first-order chi connectivity index (χ1) is 12.0. The highest BCUT2D eigenvalue weighted by atomic mass is 32.2. The fourth-order valence-corrected chi connectivity index (χ4v) is 4.13. The summed E-state index contributed by atoms with van der Waals surface area (Å²) in [7, 11) is -1.36. The van der Waals surface area contributed by atoms with Crippen molar-refractivity contribution in [2.24, 2.45) is 0 Å². The van der Waals surface area contributed by atoms with Crippen molar-refractivity contribution in [3.05, 3.63) is 58.0 Å². The number of hydrogen-bond acceptors (Lipinski definition) is 5. The van der Waals surface area contributed by atoms with Gasteiger partial charge in [-0.05, 0) is 37.4 Å². The molecule has 0 unspecified atom stereocenters. The molecule has 25 heavy (non-hydrogen) atoms. The van der Waals surface area contributed by atoms with Gasteiger partial charge in [-0.2, -0.15) is 0 Å². The minimum atomic E-state index is -1.36. The molecule has 3 aromatic rings. The molecule has 0 aliphatic heterocycles. The Morgan fingerprint density at radius 2 is 1.92 bits per heavy atom. The molecule has 0 fully saturated rings. The molecule has 130 valence electrons. The average molecular weight is 374 g/mol. The quantitative estimate of drug-likeness (QED) is 0.721. The Balaban J connectivity index is 1.66. The number of nitrogens with zero attached hydrogens (tertiary/aromatic N) is 2. The van der Waals surface area contributed by atoms with Gasteiger partial charge < -0.3 is 5.32 Å². The molecule has 0 saturated heterocycles. The monoisotopic (exact) mass is 373 g/mol. The number of benzene rings is 1. The lowest BCUT2D eigenvalue weighted by atomic mass is 10.2. The van der Waals surface area contributed by atoms with Crippen molar-refractivity contribution in [3.63, 3.8) is 0 Å². The van der Waals surface area contributed by atoms with Crippen LogP contribution in [0.5, 0.6) is 0 Å². The van der Waals surface area contributed by atoms with Crippen molar-refractivity contribution in [2.75, 3.05) is 0 Å². The van der Waals surface area contributed by atoms with Crippen molar-refractivity contribution < 1.29 is 9.00 Å². The lowest BCUT2D eigenvalue weighted by Crippen LogP contribution is -2.35. The number of fused-ring (bicyclic) bond motifs is 1. The number of rotatable bonds is 6. The molecule has 0 aliphatic rings. The number of nitrogens with one attached hydrogen (secondary N) is 1. The van der Waals surface area contributed by atoms with Crippen molar-refractivity contribution >= 4 is 39.1 Å². The Morgan fingerprint density at radius 3 is 2.60 bits per heavy atom. The van der Waals surface area contributed by atoms with Crippen LogP contribution in [0.25, 0.3) is 11.0 Å². The second kappa shape index (κ2) is 7.84. The molecule has 0 aliphatic carbocycles. The van der Waals surface area contributed by atoms with Gasteiger partial charge in [0.25, 0.3) is 0 Å². The number of para-hydroxylation sites is 2. The largest absolute Gasteiger partial charge is 0.350 e. The lowest BCUT2D eigenvalue weighted by molar-refractivity contribution is -0.120. The van der Waals surface area contributed by atoms with E-state index in [0.717, 1.165) is 21.6 Å². The van der Waals surface area contributed by atoms with E-state index < -0.39 is 16.0 Å². The van der Waals surface area contributed by atoms with Crippen LogP contribution in [-0.2, 0) is 27.9 Å². The second-order valence-corrected chi connectivity index (χ2v) is 8.50. The third kappa shape index (κ3) is 4.29. The van der Waals surface area contributed by atoms with E-state index in [4.69, 9.17) is 0 Å². The van der Waals surface area contributed by atoms with E-state index in [9.17, 15) is 9.00 Å². The normalized spacial score (nSPS) is 13.5. The van der Waals surface area contributed by atoms with E-state index >= 15 is 0 Å². The van der Waals surface area contributed by atoms with Crippen LogP contribution < -0.4 is 5.32 Å². The van der Waals surface area contributed by atoms with Crippen LogP contribution in [0.3, 0.4) is 0 Å². The number of carbonyl (C=O) groups is 1. The van der Waals surface area contributed by atoms with Gasteiger partial charge in [0.05, 0.1) is 34.7 Å². The van der Waals surface area contributed by atoms with Gasteiger partial charge in [-0.25, -0.2) is 9.97 Å². The van der Waals surface area contributed by atoms with Gasteiger partial charge in [-0.15, -0.1) is 11.3 Å². The molecule has 0 saturated carbocycles. The smallest absolute Gasteiger partial charge is 0.235 e. The molecule has 2 aromatic heterocycles. The van der Waals surface area contributed by atoms with Gasteiger partial charge in [-0.3, -0.25) is 9.00 Å². The van der Waals surface area contributed by atoms with Gasteiger partial charge in [-0.1, -0.05) is 18.2 Å². The summed E-state index contributed by atoms with van der Waals surface area (Å²) in [5.74, 6) is 0.00944. The Kier molecular flexibility index (Phi) is 5.55. The highest BCUT2D eigenvalue weighted by molar-refractivity contribution is 7.85. The summed E-state index contributed by atoms with van der Waals surface area (Å²) in [6.07, 6.45) is 0. The minimum absolute atomic E-state index is 0.210. The molecule has 1 N–H and O–H groups in total. The van der Waals surface area contributed by atoms with E-state index in [0.29, 0.717) is 12.2 Å². The Morgan fingerprint density at radius 1 is 1.20 bits per heavy atom. The topological polar surface area (TPSA) is 72.0 Å². The van der Waals surface area contributed by atoms with Crippen LogP contribution in [-0.4, -0.2) is 25.3 Å². The molecular weight excluding hydrogens is 354 g/mol. The lowest BCUT2D eigenvalue weighted by Gasteiger charge is -2.12. The predicted octanol–water partition coefficient (Wildman–Crippen LogP) is 2.95. The Hall–Kier alpha value is -2.12. The highest BCUT2D eigenvalue weighted by Crippen LogP contribution is 2.15. The van der Waals surface area contributed by atoms with Gasteiger partial charge >= 0.3 is 0 Å². The van der Waals surface area contributed by atoms with Crippen LogP contribution in [0.2, 0.25) is 0 Å². The summed E-state index contributed by atoms with van der Waals surface area (Å²) in [6.45, 7) is 4.00. The van der Waals surface area contributed by atoms with E-state index in [1.54, 1.807) is 18.3 Å². The summed E-state index contributed by atoms with van der Waals surface area (Å²) in [6, 6.07) is 11.5. The first-order valence-electron chi connectivity index (χ1n) is 7.94. The fourth-order valence-electron chi connectivity index (χ4n) is 2.37. The summed E-state index contributed by atoms with van der Waals surface area (Å²) < 4.78 is 12.6. The van der Waals surface area contributed by atoms with Gasteiger partial charge in [0.1, 0.15) is 5.25 Å². The number of thiophene rings is 1. The van der Waals surface area contributed by atoms with Crippen molar-refractivity contribution in [1.29, 1.82) is 0 Å². The first-order valence-corrected chi connectivity index (χ1v) is 10.2. The number of amides is 1. The van der Waals surface area contributed by atoms with Crippen LogP contribution >= 0.6 is 11.3 Å². The highest BCUT2D eigenvalue weighted by Gasteiger charge is 2.21. The number of aryl methyl sites for hydroxylation is 1. The van der Waals surface area contributed by atoms with E-state index in [-0.39, 0.29) is 11.7 Å². The van der Waals surface area contributed by atoms with Gasteiger partial charge in [0.15, 0.2) is 0 Å². The molecule has 5 nitrogen and oxygen atoms in total. The zero-order valence-electron chi connectivity index (χ0n) is 14.1. The molecule has 0 bridgehead atoms. The molecule has 0 spiro atoms. The second-order valence-electron chi connectivity index (χ2n) is 5.71. The predicted molar refractivity (Wildman–Crippen MR) is 102 cm³/mol. The average Bonchev–Trinajstić information content (AvgIpc) is 3.13. The molecule has 7 heteroatoms. The maximum atomic E-state index is 12.6. The van der Waals surface area contributed by atoms with Gasteiger partial charge in [0.2, 0.25) is 5.91 Å². The van der Waals surface area contributed by atoms with E-state index in [1.807, 2.05) is 48.7 Å². The maximum absolute atomic E-state index is 12.6. The third-order valence-electron chi connectivity index (χ3n) is 3.90. The SMILES string of the molecule is Cc1nc2ccccc2nc1C[S@](=O)[C@H](C)C(=O)NCc1cccs1. The first kappa shape index (κ1) is 17.7. The van der Waals surface area contributed by atoms with Gasteiger partial charge in [0, 0.05) is 15.7 Å². The zero-order chi connectivity index (χ0) is 17.8. The summed E-state index contributed by atoms with van der Waals surface area (Å²) in [5, 5.41) is 4.20.